The maximum absolute atomic E-state index is 14.0. The number of non-ortho nitro benzene ring substituents is 1. The van der Waals surface area contributed by atoms with Crippen molar-refractivity contribution in [2.24, 2.45) is 4.99 Å². The molecule has 3 heterocycles. The van der Waals surface area contributed by atoms with Crippen molar-refractivity contribution in [3.63, 3.8) is 0 Å². The molecule has 0 saturated heterocycles. The number of carbonyl (C=O) groups excluding carboxylic acids is 1. The number of nitro groups is 1. The van der Waals surface area contributed by atoms with E-state index in [2.05, 4.69) is 10.3 Å². The van der Waals surface area contributed by atoms with Crippen molar-refractivity contribution in [3.8, 4) is 17.1 Å². The second kappa shape index (κ2) is 12.2. The second-order valence-corrected chi connectivity index (χ2v) is 11.4. The van der Waals surface area contributed by atoms with Gasteiger partial charge in [0, 0.05) is 29.5 Å². The summed E-state index contributed by atoms with van der Waals surface area (Å²) in [5.41, 5.74) is 3.22. The lowest BCUT2D eigenvalue weighted by molar-refractivity contribution is -0.384. The minimum atomic E-state index is -0.748. The normalized spacial score (nSPS) is 14.6. The quantitative estimate of drug-likeness (QED) is 0.174. The molecule has 0 aliphatic carbocycles. The number of ether oxygens (including phenoxy) is 1. The topological polar surface area (TPSA) is 129 Å². The summed E-state index contributed by atoms with van der Waals surface area (Å²) in [6.07, 6.45) is 1.62. The molecule has 5 aromatic rings. The van der Waals surface area contributed by atoms with Crippen LogP contribution in [-0.2, 0) is 4.79 Å². The number of para-hydroxylation sites is 1. The molecule has 0 spiro atoms. The van der Waals surface area contributed by atoms with Crippen molar-refractivity contribution in [1.82, 2.24) is 4.57 Å². The Labute approximate surface area is 261 Å². The van der Waals surface area contributed by atoms with Crippen LogP contribution in [0, 0.1) is 17.0 Å². The van der Waals surface area contributed by atoms with Gasteiger partial charge in [-0.3, -0.25) is 24.3 Å². The van der Waals surface area contributed by atoms with E-state index >= 15 is 0 Å². The summed E-state index contributed by atoms with van der Waals surface area (Å²) in [6.45, 7) is 6.01. The van der Waals surface area contributed by atoms with E-state index in [9.17, 15) is 19.7 Å². The van der Waals surface area contributed by atoms with E-state index in [4.69, 9.17) is 9.15 Å². The molecule has 0 bridgehead atoms. The summed E-state index contributed by atoms with van der Waals surface area (Å²) in [5.74, 6) is 1.16. The van der Waals surface area contributed by atoms with Crippen LogP contribution in [0.15, 0.2) is 110 Å². The molecule has 6 rings (SSSR count). The zero-order chi connectivity index (χ0) is 31.7. The van der Waals surface area contributed by atoms with Crippen molar-refractivity contribution >= 4 is 34.7 Å². The van der Waals surface area contributed by atoms with E-state index in [0.717, 1.165) is 11.1 Å². The number of thiazole rings is 1. The first-order valence-corrected chi connectivity index (χ1v) is 15.0. The fraction of sp³-hybridized carbons (Fsp3) is 0.147. The van der Waals surface area contributed by atoms with Crippen LogP contribution in [0.5, 0.6) is 5.75 Å². The molecule has 45 heavy (non-hydrogen) atoms. The Hall–Kier alpha value is -5.55. The van der Waals surface area contributed by atoms with Gasteiger partial charge in [-0.1, -0.05) is 47.7 Å². The van der Waals surface area contributed by atoms with Crippen LogP contribution in [0.25, 0.3) is 17.4 Å². The number of hydrogen-bond donors (Lipinski definition) is 1. The summed E-state index contributed by atoms with van der Waals surface area (Å²) in [7, 11) is 0. The van der Waals surface area contributed by atoms with Gasteiger partial charge in [-0.15, -0.1) is 0 Å². The molecule has 0 fully saturated rings. The number of aromatic nitrogens is 1. The highest BCUT2D eigenvalue weighted by atomic mass is 32.1. The van der Waals surface area contributed by atoms with Gasteiger partial charge < -0.3 is 14.5 Å². The molecule has 0 saturated carbocycles. The smallest absolute Gasteiger partial charge is 0.271 e. The molecule has 1 aliphatic heterocycles. The van der Waals surface area contributed by atoms with Gasteiger partial charge in [-0.25, -0.2) is 4.99 Å². The highest BCUT2D eigenvalue weighted by Crippen LogP contribution is 2.32. The molecule has 1 amide bonds. The molecular weight excluding hydrogens is 592 g/mol. The third kappa shape index (κ3) is 5.85. The van der Waals surface area contributed by atoms with Crippen LogP contribution >= 0.6 is 11.3 Å². The Balaban J connectivity index is 1.44. The molecular formula is C34H28N4O6S. The molecule has 1 atom stereocenters. The predicted molar refractivity (Wildman–Crippen MR) is 172 cm³/mol. The standard InChI is InChI=1S/C34H28N4O6S/c1-4-43-25-14-11-22(12-15-25)31-30(32(39)36-23-8-6-5-7-9-23)21(3)35-34-37(31)33(40)29(45-34)19-26-16-17-28(44-26)27-18-24(38(41)42)13-10-20(27)2/h5-19,31H,4H2,1-3H3,(H,36,39)/b29-19-/t31-/m1/s1. The first-order valence-electron chi connectivity index (χ1n) is 14.2. The van der Waals surface area contributed by atoms with E-state index in [-0.39, 0.29) is 17.2 Å². The molecule has 0 unspecified atom stereocenters. The number of furan rings is 1. The maximum Gasteiger partial charge on any atom is 0.271 e. The zero-order valence-corrected chi connectivity index (χ0v) is 25.5. The van der Waals surface area contributed by atoms with Crippen molar-refractivity contribution in [2.45, 2.75) is 26.8 Å². The Kier molecular flexibility index (Phi) is 8.01. The molecule has 3 aromatic carbocycles. The van der Waals surface area contributed by atoms with Gasteiger partial charge in [0.25, 0.3) is 17.2 Å². The molecule has 10 nitrogen and oxygen atoms in total. The summed E-state index contributed by atoms with van der Waals surface area (Å²) in [5, 5.41) is 14.3. The van der Waals surface area contributed by atoms with Crippen molar-refractivity contribution in [1.29, 1.82) is 0 Å². The maximum atomic E-state index is 14.0. The number of nitrogens with zero attached hydrogens (tertiary/aromatic N) is 3. The van der Waals surface area contributed by atoms with E-state index in [1.54, 1.807) is 43.3 Å². The number of carbonyl (C=O) groups is 1. The number of nitrogens with one attached hydrogen (secondary N) is 1. The van der Waals surface area contributed by atoms with E-state index < -0.39 is 11.0 Å². The highest BCUT2D eigenvalue weighted by molar-refractivity contribution is 7.07. The van der Waals surface area contributed by atoms with E-state index in [1.165, 1.54) is 28.0 Å². The van der Waals surface area contributed by atoms with Gasteiger partial charge in [0.1, 0.15) is 17.3 Å². The Bertz CT molecular complexity index is 2140. The number of aryl methyl sites for hydroxylation is 1. The Morgan fingerprint density at radius 2 is 1.84 bits per heavy atom. The average molecular weight is 621 g/mol. The molecule has 1 aliphatic rings. The van der Waals surface area contributed by atoms with Crippen LogP contribution in [0.2, 0.25) is 0 Å². The second-order valence-electron chi connectivity index (χ2n) is 10.4. The van der Waals surface area contributed by atoms with Gasteiger partial charge in [0.2, 0.25) is 0 Å². The molecule has 0 radical (unpaired) electrons. The Morgan fingerprint density at radius 3 is 2.56 bits per heavy atom. The van der Waals surface area contributed by atoms with Crippen LogP contribution in [0.4, 0.5) is 11.4 Å². The number of hydrogen-bond acceptors (Lipinski definition) is 8. The van der Waals surface area contributed by atoms with Crippen molar-refractivity contribution in [3.05, 3.63) is 143 Å². The first kappa shape index (κ1) is 29.5. The average Bonchev–Trinajstić information content (AvgIpc) is 3.61. The highest BCUT2D eigenvalue weighted by Gasteiger charge is 2.32. The fourth-order valence-corrected chi connectivity index (χ4v) is 6.28. The van der Waals surface area contributed by atoms with Gasteiger partial charge in [-0.05, 0) is 68.3 Å². The number of benzene rings is 3. The number of fused-ring (bicyclic) bond motifs is 1. The molecule has 11 heteroatoms. The first-order chi connectivity index (χ1) is 21.7. The molecule has 1 N–H and O–H groups in total. The van der Waals surface area contributed by atoms with Gasteiger partial charge in [0.05, 0.1) is 33.4 Å². The lowest BCUT2D eigenvalue weighted by Crippen LogP contribution is -2.40. The summed E-state index contributed by atoms with van der Waals surface area (Å²) in [6, 6.07) is 23.7. The summed E-state index contributed by atoms with van der Waals surface area (Å²) in [4.78, 5) is 43.8. The number of anilines is 1. The predicted octanol–water partition coefficient (Wildman–Crippen LogP) is 5.75. The number of rotatable bonds is 8. The fourth-order valence-electron chi connectivity index (χ4n) is 5.25. The van der Waals surface area contributed by atoms with Crippen molar-refractivity contribution in [2.75, 3.05) is 11.9 Å². The van der Waals surface area contributed by atoms with Gasteiger partial charge in [-0.2, -0.15) is 0 Å². The molecule has 226 valence electrons. The monoisotopic (exact) mass is 620 g/mol. The largest absolute Gasteiger partial charge is 0.494 e. The van der Waals surface area contributed by atoms with Crippen LogP contribution < -0.4 is 24.9 Å². The van der Waals surface area contributed by atoms with Crippen LogP contribution in [0.3, 0.4) is 0 Å². The Morgan fingerprint density at radius 1 is 1.09 bits per heavy atom. The number of amides is 1. The van der Waals surface area contributed by atoms with Gasteiger partial charge in [0.15, 0.2) is 4.80 Å². The van der Waals surface area contributed by atoms with Crippen LogP contribution in [-0.4, -0.2) is 22.0 Å². The minimum absolute atomic E-state index is 0.0429. The summed E-state index contributed by atoms with van der Waals surface area (Å²) < 4.78 is 13.5. The SMILES string of the molecule is CCOc1ccc([C@@H]2C(C(=O)Nc3ccccc3)=C(C)N=c3s/c(=C\c4ccc(-c5cc([N+](=O)[O-])ccc5C)o4)c(=O)n32)cc1. The summed E-state index contributed by atoms with van der Waals surface area (Å²) >= 11 is 1.19. The van der Waals surface area contributed by atoms with E-state index in [1.807, 2.05) is 56.3 Å². The molecule has 2 aromatic heterocycles. The zero-order valence-electron chi connectivity index (χ0n) is 24.6. The lowest BCUT2D eigenvalue weighted by Gasteiger charge is -2.25. The van der Waals surface area contributed by atoms with Gasteiger partial charge >= 0.3 is 0 Å². The number of nitro benzene ring substituents is 1. The lowest BCUT2D eigenvalue weighted by atomic mass is 9.95. The van der Waals surface area contributed by atoms with E-state index in [0.29, 0.717) is 55.7 Å². The third-order valence-electron chi connectivity index (χ3n) is 7.40. The van der Waals surface area contributed by atoms with Crippen LogP contribution in [0.1, 0.15) is 36.8 Å². The van der Waals surface area contributed by atoms with Crippen molar-refractivity contribution < 1.29 is 18.9 Å². The number of allylic oxidation sites excluding steroid dienone is 1. The third-order valence-corrected chi connectivity index (χ3v) is 8.39. The minimum Gasteiger partial charge on any atom is -0.494 e.